The van der Waals surface area contributed by atoms with Gasteiger partial charge in [-0.3, -0.25) is 0 Å². The van der Waals surface area contributed by atoms with Crippen LogP contribution in [-0.4, -0.2) is 0 Å². The third kappa shape index (κ3) is 2.50. The Hall–Kier alpha value is -1.64. The van der Waals surface area contributed by atoms with Crippen molar-refractivity contribution >= 4 is 43.0 Å². The molecule has 1 aliphatic carbocycles. The lowest BCUT2D eigenvalue weighted by molar-refractivity contribution is 1.54. The molecule has 0 heterocycles. The lowest BCUT2D eigenvalue weighted by Crippen LogP contribution is -1.88. The monoisotopic (exact) mass is 424 g/mol. The van der Waals surface area contributed by atoms with Gasteiger partial charge in [0, 0.05) is 8.95 Å². The van der Waals surface area contributed by atoms with Gasteiger partial charge in [0.25, 0.3) is 0 Å². The first-order valence-corrected chi connectivity index (χ1v) is 9.10. The predicted octanol–water partition coefficient (Wildman–Crippen LogP) is 7.17. The molecule has 0 saturated heterocycles. The van der Waals surface area contributed by atoms with E-state index in [2.05, 4.69) is 106 Å². The zero-order chi connectivity index (χ0) is 16.0. The highest BCUT2D eigenvalue weighted by molar-refractivity contribution is 9.10. The van der Waals surface area contributed by atoms with Crippen molar-refractivity contribution in [2.75, 3.05) is 0 Å². The molecular weight excluding hydrogens is 412 g/mol. The summed E-state index contributed by atoms with van der Waals surface area (Å²) in [5.74, 6) is 0. The number of fused-ring (bicyclic) bond motifs is 3. The van der Waals surface area contributed by atoms with Crippen LogP contribution in [0.25, 0.3) is 22.3 Å². The van der Waals surface area contributed by atoms with E-state index in [0.29, 0.717) is 0 Å². The molecule has 23 heavy (non-hydrogen) atoms. The molecule has 112 valence electrons. The van der Waals surface area contributed by atoms with Gasteiger partial charge in [0.1, 0.15) is 0 Å². The van der Waals surface area contributed by atoms with Gasteiger partial charge in [0.2, 0.25) is 0 Å². The van der Waals surface area contributed by atoms with E-state index in [-0.39, 0.29) is 0 Å². The van der Waals surface area contributed by atoms with Crippen molar-refractivity contribution in [3.63, 3.8) is 0 Å². The zero-order valence-electron chi connectivity index (χ0n) is 12.6. The van der Waals surface area contributed by atoms with E-state index < -0.39 is 0 Å². The van der Waals surface area contributed by atoms with E-state index in [0.717, 1.165) is 8.95 Å². The summed E-state index contributed by atoms with van der Waals surface area (Å²) < 4.78 is 2.22. The number of halogens is 2. The Labute approximate surface area is 153 Å². The van der Waals surface area contributed by atoms with Crippen molar-refractivity contribution in [2.45, 2.75) is 6.92 Å². The Bertz CT molecular complexity index is 884. The highest BCUT2D eigenvalue weighted by Crippen LogP contribution is 2.48. The second-order valence-electron chi connectivity index (χ2n) is 5.75. The summed E-state index contributed by atoms with van der Waals surface area (Å²) in [6, 6.07) is 23.7. The zero-order valence-corrected chi connectivity index (χ0v) is 15.8. The lowest BCUT2D eigenvalue weighted by Gasteiger charge is -2.10. The standard InChI is InChI=1S/C21H14Br2/c1-13(14-5-3-2-4-6-14)21-19-11-15(22)7-9-17(19)18-10-8-16(23)12-20(18)21/h2-12H,1H3. The fraction of sp³-hybridized carbons (Fsp3) is 0.0476. The van der Waals surface area contributed by atoms with E-state index in [1.807, 2.05) is 0 Å². The Morgan fingerprint density at radius 2 is 1.17 bits per heavy atom. The summed E-state index contributed by atoms with van der Waals surface area (Å²) in [6.45, 7) is 2.21. The second-order valence-corrected chi connectivity index (χ2v) is 7.58. The molecule has 0 fully saturated rings. The molecule has 0 amide bonds. The number of hydrogen-bond donors (Lipinski definition) is 0. The van der Waals surface area contributed by atoms with E-state index in [9.17, 15) is 0 Å². The quantitative estimate of drug-likeness (QED) is 0.303. The molecule has 0 N–H and O–H groups in total. The van der Waals surface area contributed by atoms with Gasteiger partial charge in [-0.1, -0.05) is 74.3 Å². The van der Waals surface area contributed by atoms with Gasteiger partial charge in [0.05, 0.1) is 0 Å². The van der Waals surface area contributed by atoms with Crippen molar-refractivity contribution in [2.24, 2.45) is 0 Å². The molecule has 0 saturated carbocycles. The number of benzene rings is 3. The molecule has 0 nitrogen and oxygen atoms in total. The molecule has 0 aliphatic heterocycles. The predicted molar refractivity (Wildman–Crippen MR) is 105 cm³/mol. The minimum absolute atomic E-state index is 1.11. The Morgan fingerprint density at radius 3 is 1.70 bits per heavy atom. The van der Waals surface area contributed by atoms with Crippen LogP contribution in [0, 0.1) is 0 Å². The van der Waals surface area contributed by atoms with Gasteiger partial charge in [0.15, 0.2) is 0 Å². The van der Waals surface area contributed by atoms with Crippen molar-refractivity contribution in [1.29, 1.82) is 0 Å². The average Bonchev–Trinajstić information content (AvgIpc) is 2.87. The summed E-state index contributed by atoms with van der Waals surface area (Å²) in [7, 11) is 0. The van der Waals surface area contributed by atoms with Crippen LogP contribution in [0.1, 0.15) is 23.6 Å². The van der Waals surface area contributed by atoms with E-state index in [1.54, 1.807) is 0 Å². The van der Waals surface area contributed by atoms with Crippen molar-refractivity contribution in [3.05, 3.63) is 92.4 Å². The van der Waals surface area contributed by atoms with Crippen LogP contribution in [0.2, 0.25) is 0 Å². The smallest absolute Gasteiger partial charge is 0.0181 e. The lowest BCUT2D eigenvalue weighted by atomic mass is 9.94. The summed E-state index contributed by atoms with van der Waals surface area (Å²) in [5.41, 5.74) is 9.11. The van der Waals surface area contributed by atoms with Crippen molar-refractivity contribution < 1.29 is 0 Å². The molecule has 0 aromatic heterocycles. The molecular formula is C21H14Br2. The molecule has 0 bridgehead atoms. The number of allylic oxidation sites excluding steroid dienone is 1. The van der Waals surface area contributed by atoms with Crippen LogP contribution in [0.15, 0.2) is 75.7 Å². The largest absolute Gasteiger partial charge is 0.0622 e. The van der Waals surface area contributed by atoms with Gasteiger partial charge >= 0.3 is 0 Å². The SMILES string of the molecule is CC(=C1c2cc(Br)ccc2-c2ccc(Br)cc21)c1ccccc1. The average molecular weight is 426 g/mol. The van der Waals surface area contributed by atoms with Crippen molar-refractivity contribution in [1.82, 2.24) is 0 Å². The maximum atomic E-state index is 3.63. The molecule has 4 rings (SSSR count). The normalized spacial score (nSPS) is 12.0. The van der Waals surface area contributed by atoms with Gasteiger partial charge < -0.3 is 0 Å². The Morgan fingerprint density at radius 1 is 0.652 bits per heavy atom. The number of rotatable bonds is 1. The highest BCUT2D eigenvalue weighted by atomic mass is 79.9. The first-order valence-electron chi connectivity index (χ1n) is 7.51. The molecule has 2 heteroatoms. The topological polar surface area (TPSA) is 0 Å². The number of hydrogen-bond acceptors (Lipinski definition) is 0. The minimum atomic E-state index is 1.11. The molecule has 0 radical (unpaired) electrons. The van der Waals surface area contributed by atoms with Gasteiger partial charge in [-0.15, -0.1) is 0 Å². The molecule has 3 aromatic carbocycles. The Kier molecular flexibility index (Phi) is 3.74. The van der Waals surface area contributed by atoms with Gasteiger partial charge in [-0.25, -0.2) is 0 Å². The second kappa shape index (κ2) is 5.77. The first kappa shape index (κ1) is 14.9. The highest BCUT2D eigenvalue weighted by Gasteiger charge is 2.25. The Balaban J connectivity index is 2.07. The van der Waals surface area contributed by atoms with Crippen LogP contribution >= 0.6 is 31.9 Å². The molecule has 0 atom stereocenters. The van der Waals surface area contributed by atoms with E-state index in [4.69, 9.17) is 0 Å². The maximum absolute atomic E-state index is 3.63. The first-order chi connectivity index (χ1) is 11.1. The third-order valence-electron chi connectivity index (χ3n) is 4.37. The van der Waals surface area contributed by atoms with Crippen LogP contribution in [0.4, 0.5) is 0 Å². The van der Waals surface area contributed by atoms with Crippen molar-refractivity contribution in [3.8, 4) is 11.1 Å². The van der Waals surface area contributed by atoms with E-state index >= 15 is 0 Å². The summed E-state index contributed by atoms with van der Waals surface area (Å²) in [6.07, 6.45) is 0. The van der Waals surface area contributed by atoms with Crippen LogP contribution in [0.3, 0.4) is 0 Å². The van der Waals surface area contributed by atoms with Crippen LogP contribution in [-0.2, 0) is 0 Å². The molecule has 3 aromatic rings. The van der Waals surface area contributed by atoms with E-state index in [1.165, 1.54) is 39.0 Å². The van der Waals surface area contributed by atoms with Gasteiger partial charge in [-0.2, -0.15) is 0 Å². The fourth-order valence-corrected chi connectivity index (χ4v) is 4.02. The summed E-state index contributed by atoms with van der Waals surface area (Å²) in [5, 5.41) is 0. The molecule has 0 unspecified atom stereocenters. The maximum Gasteiger partial charge on any atom is 0.0181 e. The van der Waals surface area contributed by atoms with Crippen LogP contribution < -0.4 is 0 Å². The third-order valence-corrected chi connectivity index (χ3v) is 5.36. The molecule has 0 spiro atoms. The minimum Gasteiger partial charge on any atom is -0.0622 e. The summed E-state index contributed by atoms with van der Waals surface area (Å²) in [4.78, 5) is 0. The molecule has 1 aliphatic rings. The van der Waals surface area contributed by atoms with Gasteiger partial charge in [-0.05, 0) is 70.2 Å². The fourth-order valence-electron chi connectivity index (χ4n) is 3.30. The van der Waals surface area contributed by atoms with Crippen LogP contribution in [0.5, 0.6) is 0 Å². The summed E-state index contributed by atoms with van der Waals surface area (Å²) >= 11 is 7.25.